The fourth-order valence-electron chi connectivity index (χ4n) is 4.53. The van der Waals surface area contributed by atoms with Crippen LogP contribution in [0.3, 0.4) is 0 Å². The van der Waals surface area contributed by atoms with Gasteiger partial charge in [-0.2, -0.15) is 0 Å². The minimum absolute atomic E-state index is 0.0477. The van der Waals surface area contributed by atoms with E-state index in [9.17, 15) is 4.79 Å². The summed E-state index contributed by atoms with van der Waals surface area (Å²) in [6, 6.07) is 5.90. The van der Waals surface area contributed by atoms with Gasteiger partial charge < -0.3 is 14.4 Å². The van der Waals surface area contributed by atoms with Crippen LogP contribution in [0.5, 0.6) is 5.75 Å². The van der Waals surface area contributed by atoms with Gasteiger partial charge in [0, 0.05) is 31.7 Å². The quantitative estimate of drug-likeness (QED) is 0.833. The first-order valence-corrected chi connectivity index (χ1v) is 10.1. The maximum atomic E-state index is 13.0. The monoisotopic (exact) mass is 358 g/mol. The standard InChI is InChI=1S/C21H30N2O3/c1-2-9-22-12-14-26-21(16-22)7-10-23(11-8-21)20(24)18-5-6-19-17(15-18)4-3-13-25-19/h5-6,15H,2-4,7-14,16H2,1H3. The van der Waals surface area contributed by atoms with Crippen LogP contribution in [0.1, 0.15) is 48.5 Å². The number of likely N-dealkylation sites (tertiary alicyclic amines) is 1. The lowest BCUT2D eigenvalue weighted by Gasteiger charge is -2.47. The molecule has 1 aromatic carbocycles. The SMILES string of the molecule is CCCN1CCOC2(CCN(C(=O)c3ccc4c(c3)CCCO4)CC2)C1. The summed E-state index contributed by atoms with van der Waals surface area (Å²) in [7, 11) is 0. The molecule has 0 aliphatic carbocycles. The Bertz CT molecular complexity index is 651. The first-order chi connectivity index (χ1) is 12.7. The van der Waals surface area contributed by atoms with Crippen LogP contribution < -0.4 is 4.74 Å². The number of hydrogen-bond donors (Lipinski definition) is 0. The number of nitrogens with zero attached hydrogens (tertiary/aromatic N) is 2. The number of carbonyl (C=O) groups is 1. The van der Waals surface area contributed by atoms with E-state index in [2.05, 4.69) is 11.8 Å². The lowest BCUT2D eigenvalue weighted by atomic mass is 9.89. The number of morpholine rings is 1. The van der Waals surface area contributed by atoms with Crippen molar-refractivity contribution in [1.82, 2.24) is 9.80 Å². The van der Waals surface area contributed by atoms with E-state index in [0.717, 1.165) is 82.9 Å². The van der Waals surface area contributed by atoms with Crippen LogP contribution >= 0.6 is 0 Å². The average Bonchev–Trinajstić information content (AvgIpc) is 2.68. The summed E-state index contributed by atoms with van der Waals surface area (Å²) >= 11 is 0. The minimum Gasteiger partial charge on any atom is -0.493 e. The van der Waals surface area contributed by atoms with Gasteiger partial charge >= 0.3 is 0 Å². The normalized spacial score (nSPS) is 22.7. The number of rotatable bonds is 3. The molecule has 26 heavy (non-hydrogen) atoms. The highest BCUT2D eigenvalue weighted by molar-refractivity contribution is 5.94. The third kappa shape index (κ3) is 3.60. The highest BCUT2D eigenvalue weighted by Gasteiger charge is 2.40. The Kier molecular flexibility index (Phi) is 5.18. The molecule has 0 aromatic heterocycles. The van der Waals surface area contributed by atoms with Crippen molar-refractivity contribution in [1.29, 1.82) is 0 Å². The van der Waals surface area contributed by atoms with Gasteiger partial charge in [-0.15, -0.1) is 0 Å². The average molecular weight is 358 g/mol. The van der Waals surface area contributed by atoms with Crippen molar-refractivity contribution in [3.8, 4) is 5.75 Å². The van der Waals surface area contributed by atoms with Crippen molar-refractivity contribution in [2.45, 2.75) is 44.6 Å². The lowest BCUT2D eigenvalue weighted by molar-refractivity contribution is -0.132. The van der Waals surface area contributed by atoms with Crippen LogP contribution in [0, 0.1) is 0 Å². The summed E-state index contributed by atoms with van der Waals surface area (Å²) in [5.74, 6) is 1.09. The Morgan fingerprint density at radius 3 is 2.85 bits per heavy atom. The first kappa shape index (κ1) is 17.8. The molecule has 2 fully saturated rings. The molecule has 0 saturated carbocycles. The van der Waals surface area contributed by atoms with Crippen molar-refractivity contribution >= 4 is 5.91 Å². The first-order valence-electron chi connectivity index (χ1n) is 10.1. The van der Waals surface area contributed by atoms with E-state index in [-0.39, 0.29) is 11.5 Å². The summed E-state index contributed by atoms with van der Waals surface area (Å²) in [4.78, 5) is 17.5. The van der Waals surface area contributed by atoms with Gasteiger partial charge in [-0.05, 0) is 62.4 Å². The van der Waals surface area contributed by atoms with Gasteiger partial charge in [0.1, 0.15) is 5.75 Å². The van der Waals surface area contributed by atoms with Gasteiger partial charge in [0.2, 0.25) is 0 Å². The maximum absolute atomic E-state index is 13.0. The summed E-state index contributed by atoms with van der Waals surface area (Å²) in [6.07, 6.45) is 5.09. The molecule has 1 aromatic rings. The van der Waals surface area contributed by atoms with E-state index in [1.54, 1.807) is 0 Å². The Hall–Kier alpha value is -1.59. The topological polar surface area (TPSA) is 42.0 Å². The van der Waals surface area contributed by atoms with Gasteiger partial charge in [-0.3, -0.25) is 9.69 Å². The third-order valence-corrected chi connectivity index (χ3v) is 5.98. The Morgan fingerprint density at radius 1 is 1.19 bits per heavy atom. The number of amides is 1. The minimum atomic E-state index is -0.0477. The van der Waals surface area contributed by atoms with E-state index >= 15 is 0 Å². The zero-order valence-corrected chi connectivity index (χ0v) is 15.8. The number of piperidine rings is 1. The summed E-state index contributed by atoms with van der Waals surface area (Å²) in [5.41, 5.74) is 1.91. The molecule has 0 bridgehead atoms. The molecule has 1 spiro atoms. The molecule has 0 N–H and O–H groups in total. The number of hydrogen-bond acceptors (Lipinski definition) is 4. The van der Waals surface area contributed by atoms with Crippen molar-refractivity contribution in [3.05, 3.63) is 29.3 Å². The van der Waals surface area contributed by atoms with E-state index in [0.29, 0.717) is 0 Å². The Balaban J connectivity index is 1.39. The Labute approximate surface area is 156 Å². The molecular weight excluding hydrogens is 328 g/mol. The summed E-state index contributed by atoms with van der Waals surface area (Å²) < 4.78 is 11.9. The molecule has 3 aliphatic rings. The molecule has 5 nitrogen and oxygen atoms in total. The Morgan fingerprint density at radius 2 is 2.04 bits per heavy atom. The second-order valence-corrected chi connectivity index (χ2v) is 7.87. The summed E-state index contributed by atoms with van der Waals surface area (Å²) in [6.45, 7) is 8.59. The molecule has 2 saturated heterocycles. The molecule has 142 valence electrons. The molecule has 3 heterocycles. The van der Waals surface area contributed by atoms with Gasteiger partial charge in [0.15, 0.2) is 0 Å². The number of aryl methyl sites for hydroxylation is 1. The molecule has 0 unspecified atom stereocenters. The molecule has 1 amide bonds. The van der Waals surface area contributed by atoms with E-state index in [4.69, 9.17) is 9.47 Å². The van der Waals surface area contributed by atoms with Gasteiger partial charge in [0.25, 0.3) is 5.91 Å². The predicted molar refractivity (Wildman–Crippen MR) is 101 cm³/mol. The fourth-order valence-corrected chi connectivity index (χ4v) is 4.53. The fraction of sp³-hybridized carbons (Fsp3) is 0.667. The van der Waals surface area contributed by atoms with Gasteiger partial charge in [-0.25, -0.2) is 0 Å². The third-order valence-electron chi connectivity index (χ3n) is 5.98. The second kappa shape index (κ2) is 7.57. The van der Waals surface area contributed by atoms with Crippen LogP contribution in [0.15, 0.2) is 18.2 Å². The van der Waals surface area contributed by atoms with Gasteiger partial charge in [0.05, 0.1) is 18.8 Å². The number of ether oxygens (including phenoxy) is 2. The predicted octanol–water partition coefficient (Wildman–Crippen LogP) is 2.73. The second-order valence-electron chi connectivity index (χ2n) is 7.87. The maximum Gasteiger partial charge on any atom is 0.253 e. The van der Waals surface area contributed by atoms with E-state index < -0.39 is 0 Å². The van der Waals surface area contributed by atoms with Crippen molar-refractivity contribution in [3.63, 3.8) is 0 Å². The smallest absolute Gasteiger partial charge is 0.253 e. The van der Waals surface area contributed by atoms with Crippen LogP contribution in [-0.4, -0.2) is 67.2 Å². The summed E-state index contributed by atoms with van der Waals surface area (Å²) in [5, 5.41) is 0. The van der Waals surface area contributed by atoms with Crippen LogP contribution in [0.4, 0.5) is 0 Å². The highest BCUT2D eigenvalue weighted by Crippen LogP contribution is 2.31. The zero-order chi connectivity index (χ0) is 18.0. The van der Waals surface area contributed by atoms with E-state index in [1.807, 2.05) is 23.1 Å². The van der Waals surface area contributed by atoms with Crippen LogP contribution in [0.25, 0.3) is 0 Å². The van der Waals surface area contributed by atoms with Crippen molar-refractivity contribution in [2.24, 2.45) is 0 Å². The number of fused-ring (bicyclic) bond motifs is 1. The molecule has 3 aliphatic heterocycles. The highest BCUT2D eigenvalue weighted by atomic mass is 16.5. The largest absolute Gasteiger partial charge is 0.493 e. The van der Waals surface area contributed by atoms with Gasteiger partial charge in [-0.1, -0.05) is 6.92 Å². The zero-order valence-electron chi connectivity index (χ0n) is 15.8. The van der Waals surface area contributed by atoms with Crippen LogP contribution in [0.2, 0.25) is 0 Å². The molecule has 4 rings (SSSR count). The molecule has 0 radical (unpaired) electrons. The lowest BCUT2D eigenvalue weighted by Crippen LogP contribution is -2.57. The molecular formula is C21H30N2O3. The molecule has 0 atom stereocenters. The number of benzene rings is 1. The van der Waals surface area contributed by atoms with Crippen LogP contribution in [-0.2, 0) is 11.2 Å². The van der Waals surface area contributed by atoms with Crippen molar-refractivity contribution < 1.29 is 14.3 Å². The van der Waals surface area contributed by atoms with Crippen molar-refractivity contribution in [2.75, 3.05) is 45.9 Å². The van der Waals surface area contributed by atoms with E-state index in [1.165, 1.54) is 12.0 Å². The number of carbonyl (C=O) groups excluding carboxylic acids is 1. The molecule has 5 heteroatoms.